The van der Waals surface area contributed by atoms with Gasteiger partial charge in [-0.3, -0.25) is 4.79 Å². The first-order valence-electron chi connectivity index (χ1n) is 7.71. The van der Waals surface area contributed by atoms with E-state index in [1.807, 2.05) is 43.3 Å². The summed E-state index contributed by atoms with van der Waals surface area (Å²) in [6, 6.07) is 17.5. The number of anilines is 1. The molecule has 0 bridgehead atoms. The molecule has 0 radical (unpaired) electrons. The van der Waals surface area contributed by atoms with E-state index in [0.717, 1.165) is 22.1 Å². The van der Waals surface area contributed by atoms with Gasteiger partial charge in [-0.15, -0.1) is 0 Å². The Labute approximate surface area is 140 Å². The molecule has 3 nitrogen and oxygen atoms in total. The van der Waals surface area contributed by atoms with Crippen LogP contribution in [-0.4, -0.2) is 13.0 Å². The van der Waals surface area contributed by atoms with Gasteiger partial charge in [0, 0.05) is 5.69 Å². The Hall–Kier alpha value is -2.88. The molecule has 1 amide bonds. The molecule has 4 heteroatoms. The Balaban J connectivity index is 1.80. The zero-order valence-electron chi connectivity index (χ0n) is 13.5. The summed E-state index contributed by atoms with van der Waals surface area (Å²) in [5.41, 5.74) is 1.51. The molecule has 1 atom stereocenters. The molecule has 24 heavy (non-hydrogen) atoms. The number of methoxy groups -OCH3 is 1. The fraction of sp³-hybridized carbons (Fsp3) is 0.150. The van der Waals surface area contributed by atoms with Gasteiger partial charge in [0.1, 0.15) is 11.6 Å². The Morgan fingerprint density at radius 2 is 1.67 bits per heavy atom. The number of hydrogen-bond donors (Lipinski definition) is 1. The highest BCUT2D eigenvalue weighted by Gasteiger charge is 2.16. The molecule has 3 aromatic rings. The zero-order chi connectivity index (χ0) is 17.1. The Morgan fingerprint density at radius 3 is 2.38 bits per heavy atom. The third-order valence-electron chi connectivity index (χ3n) is 4.08. The molecule has 0 spiro atoms. The number of carbonyl (C=O) groups excluding carboxylic acids is 1. The van der Waals surface area contributed by atoms with Crippen molar-refractivity contribution in [2.24, 2.45) is 0 Å². The monoisotopic (exact) mass is 323 g/mol. The summed E-state index contributed by atoms with van der Waals surface area (Å²) in [5.74, 6) is 0.0272. The maximum Gasteiger partial charge on any atom is 0.231 e. The van der Waals surface area contributed by atoms with Crippen LogP contribution in [-0.2, 0) is 4.79 Å². The van der Waals surface area contributed by atoms with Crippen LogP contribution >= 0.6 is 0 Å². The Morgan fingerprint density at radius 1 is 1.00 bits per heavy atom. The van der Waals surface area contributed by atoms with Gasteiger partial charge in [-0.05, 0) is 59.7 Å². The van der Waals surface area contributed by atoms with Crippen molar-refractivity contribution in [3.63, 3.8) is 0 Å². The molecule has 0 unspecified atom stereocenters. The SMILES string of the molecule is COc1ccc2cc([C@@H](C)C(=O)Nc3ccc(F)cc3)ccc2c1. The van der Waals surface area contributed by atoms with Crippen molar-refractivity contribution < 1.29 is 13.9 Å². The summed E-state index contributed by atoms with van der Waals surface area (Å²) >= 11 is 0. The third-order valence-corrected chi connectivity index (χ3v) is 4.08. The van der Waals surface area contributed by atoms with Crippen molar-refractivity contribution in [3.05, 3.63) is 72.0 Å². The zero-order valence-corrected chi connectivity index (χ0v) is 13.5. The summed E-state index contributed by atoms with van der Waals surface area (Å²) in [6.45, 7) is 1.85. The van der Waals surface area contributed by atoms with Crippen molar-refractivity contribution in [1.29, 1.82) is 0 Å². The Bertz CT molecular complexity index is 874. The summed E-state index contributed by atoms with van der Waals surface area (Å²) in [7, 11) is 1.64. The number of nitrogens with one attached hydrogen (secondary N) is 1. The molecule has 0 fully saturated rings. The molecule has 122 valence electrons. The quantitative estimate of drug-likeness (QED) is 0.754. The second-order valence-electron chi connectivity index (χ2n) is 5.69. The molecule has 3 rings (SSSR count). The largest absolute Gasteiger partial charge is 0.497 e. The lowest BCUT2D eigenvalue weighted by molar-refractivity contribution is -0.117. The summed E-state index contributed by atoms with van der Waals surface area (Å²) in [6.07, 6.45) is 0. The average Bonchev–Trinajstić information content (AvgIpc) is 2.62. The number of rotatable bonds is 4. The van der Waals surface area contributed by atoms with Crippen molar-refractivity contribution in [1.82, 2.24) is 0 Å². The number of hydrogen-bond acceptors (Lipinski definition) is 2. The van der Waals surface area contributed by atoms with Gasteiger partial charge in [-0.25, -0.2) is 4.39 Å². The van der Waals surface area contributed by atoms with E-state index in [9.17, 15) is 9.18 Å². The number of fused-ring (bicyclic) bond motifs is 1. The molecular weight excluding hydrogens is 305 g/mol. The van der Waals surface area contributed by atoms with E-state index in [1.54, 1.807) is 19.2 Å². The average molecular weight is 323 g/mol. The summed E-state index contributed by atoms with van der Waals surface area (Å²) in [5, 5.41) is 4.92. The molecule has 1 N–H and O–H groups in total. The van der Waals surface area contributed by atoms with Crippen LogP contribution in [0, 0.1) is 5.82 Å². The first kappa shape index (κ1) is 16.0. The van der Waals surface area contributed by atoms with Gasteiger partial charge in [0.2, 0.25) is 5.91 Å². The highest BCUT2D eigenvalue weighted by molar-refractivity contribution is 5.96. The number of ether oxygens (including phenoxy) is 1. The fourth-order valence-electron chi connectivity index (χ4n) is 2.57. The summed E-state index contributed by atoms with van der Waals surface area (Å²) < 4.78 is 18.2. The van der Waals surface area contributed by atoms with Crippen LogP contribution in [0.15, 0.2) is 60.7 Å². The minimum absolute atomic E-state index is 0.130. The molecule has 0 aliphatic rings. The molecule has 3 aromatic carbocycles. The van der Waals surface area contributed by atoms with E-state index in [1.165, 1.54) is 12.1 Å². The smallest absolute Gasteiger partial charge is 0.231 e. The molecule has 0 aromatic heterocycles. The van der Waals surface area contributed by atoms with Crippen molar-refractivity contribution >= 4 is 22.4 Å². The lowest BCUT2D eigenvalue weighted by atomic mass is 9.97. The van der Waals surface area contributed by atoms with Crippen LogP contribution < -0.4 is 10.1 Å². The van der Waals surface area contributed by atoms with Crippen LogP contribution in [0.5, 0.6) is 5.75 Å². The van der Waals surface area contributed by atoms with Gasteiger partial charge in [-0.2, -0.15) is 0 Å². The maximum absolute atomic E-state index is 12.9. The predicted octanol–water partition coefficient (Wildman–Crippen LogP) is 4.73. The predicted molar refractivity (Wildman–Crippen MR) is 93.9 cm³/mol. The lowest BCUT2D eigenvalue weighted by Crippen LogP contribution is -2.18. The van der Waals surface area contributed by atoms with Gasteiger partial charge < -0.3 is 10.1 Å². The van der Waals surface area contributed by atoms with Crippen LogP contribution in [0.1, 0.15) is 18.4 Å². The van der Waals surface area contributed by atoms with E-state index in [0.29, 0.717) is 5.69 Å². The van der Waals surface area contributed by atoms with Gasteiger partial charge in [0.05, 0.1) is 13.0 Å². The van der Waals surface area contributed by atoms with Gasteiger partial charge >= 0.3 is 0 Å². The number of amides is 1. The van der Waals surface area contributed by atoms with Crippen molar-refractivity contribution in [2.75, 3.05) is 12.4 Å². The fourth-order valence-corrected chi connectivity index (χ4v) is 2.57. The van der Waals surface area contributed by atoms with Crippen molar-refractivity contribution in [3.8, 4) is 5.75 Å². The topological polar surface area (TPSA) is 38.3 Å². The first-order valence-corrected chi connectivity index (χ1v) is 7.71. The second-order valence-corrected chi connectivity index (χ2v) is 5.69. The second kappa shape index (κ2) is 6.71. The normalized spacial score (nSPS) is 12.0. The maximum atomic E-state index is 12.9. The third kappa shape index (κ3) is 3.38. The Kier molecular flexibility index (Phi) is 4.47. The van der Waals surface area contributed by atoms with E-state index in [2.05, 4.69) is 5.32 Å². The first-order chi connectivity index (χ1) is 11.6. The molecule has 0 heterocycles. The number of halogens is 1. The van der Waals surface area contributed by atoms with Crippen LogP contribution in [0.25, 0.3) is 10.8 Å². The minimum atomic E-state index is -0.328. The molecular formula is C20H18FNO2. The minimum Gasteiger partial charge on any atom is -0.497 e. The van der Waals surface area contributed by atoms with Crippen LogP contribution in [0.3, 0.4) is 0 Å². The standard InChI is InChI=1S/C20H18FNO2/c1-13(20(23)22-18-8-6-17(21)7-9-18)14-3-4-16-12-19(24-2)10-5-15(16)11-14/h3-13H,1-2H3,(H,22,23)/t13-/m1/s1. The highest BCUT2D eigenvalue weighted by atomic mass is 19.1. The van der Waals surface area contributed by atoms with E-state index >= 15 is 0 Å². The van der Waals surface area contributed by atoms with Crippen LogP contribution in [0.2, 0.25) is 0 Å². The van der Waals surface area contributed by atoms with Gasteiger partial charge in [0.25, 0.3) is 0 Å². The van der Waals surface area contributed by atoms with E-state index < -0.39 is 0 Å². The summed E-state index contributed by atoms with van der Waals surface area (Å²) in [4.78, 5) is 12.4. The molecule has 0 saturated carbocycles. The lowest BCUT2D eigenvalue weighted by Gasteiger charge is -2.14. The van der Waals surface area contributed by atoms with Crippen LogP contribution in [0.4, 0.5) is 10.1 Å². The molecule has 0 saturated heterocycles. The van der Waals surface area contributed by atoms with Gasteiger partial charge in [-0.1, -0.05) is 24.3 Å². The molecule has 0 aliphatic carbocycles. The van der Waals surface area contributed by atoms with E-state index in [-0.39, 0.29) is 17.6 Å². The van der Waals surface area contributed by atoms with Crippen molar-refractivity contribution in [2.45, 2.75) is 12.8 Å². The van der Waals surface area contributed by atoms with E-state index in [4.69, 9.17) is 4.74 Å². The number of carbonyl (C=O) groups is 1. The number of benzene rings is 3. The van der Waals surface area contributed by atoms with Gasteiger partial charge in [0.15, 0.2) is 0 Å². The molecule has 0 aliphatic heterocycles. The highest BCUT2D eigenvalue weighted by Crippen LogP contribution is 2.26.